The number of hydrogen-bond donors (Lipinski definition) is 2. The molecular formula is C12H17N3O2S. The highest BCUT2D eigenvalue weighted by molar-refractivity contribution is 7.80. The van der Waals surface area contributed by atoms with Gasteiger partial charge in [-0.25, -0.2) is 0 Å². The molecule has 0 aliphatic heterocycles. The van der Waals surface area contributed by atoms with Crippen LogP contribution in [0.1, 0.15) is 5.56 Å². The highest BCUT2D eigenvalue weighted by Crippen LogP contribution is 2.22. The van der Waals surface area contributed by atoms with Crippen molar-refractivity contribution in [1.82, 2.24) is 4.90 Å². The number of likely N-dealkylation sites (N-methyl/N-ethyl adjacent to an activating group) is 1. The number of anilines is 1. The van der Waals surface area contributed by atoms with Crippen LogP contribution in [-0.2, 0) is 4.79 Å². The van der Waals surface area contributed by atoms with Gasteiger partial charge in [-0.05, 0) is 12.1 Å². The van der Waals surface area contributed by atoms with Crippen molar-refractivity contribution in [2.75, 3.05) is 33.1 Å². The standard InChI is InChI=1S/C12H17N3O2S/c1-15(2)11(16)7-14-10-6-8(17-3)4-5-9(10)12(13)18/h4-6,14H,7H2,1-3H3,(H2,13,18). The van der Waals surface area contributed by atoms with Gasteiger partial charge in [-0.2, -0.15) is 0 Å². The summed E-state index contributed by atoms with van der Waals surface area (Å²) in [6.07, 6.45) is 0. The minimum absolute atomic E-state index is 0.0355. The maximum Gasteiger partial charge on any atom is 0.241 e. The Labute approximate surface area is 112 Å². The molecule has 5 nitrogen and oxygen atoms in total. The molecule has 98 valence electrons. The fourth-order valence-electron chi connectivity index (χ4n) is 1.34. The summed E-state index contributed by atoms with van der Waals surface area (Å²) < 4.78 is 5.12. The van der Waals surface area contributed by atoms with Crippen molar-refractivity contribution >= 4 is 28.8 Å². The highest BCUT2D eigenvalue weighted by Gasteiger charge is 2.09. The van der Waals surface area contributed by atoms with Crippen molar-refractivity contribution in [3.63, 3.8) is 0 Å². The number of nitrogens with zero attached hydrogens (tertiary/aromatic N) is 1. The maximum absolute atomic E-state index is 11.5. The van der Waals surface area contributed by atoms with Crippen molar-refractivity contribution in [2.24, 2.45) is 5.73 Å². The monoisotopic (exact) mass is 267 g/mol. The van der Waals surface area contributed by atoms with Crippen LogP contribution < -0.4 is 15.8 Å². The van der Waals surface area contributed by atoms with Crippen molar-refractivity contribution < 1.29 is 9.53 Å². The molecule has 1 rings (SSSR count). The zero-order valence-electron chi connectivity index (χ0n) is 10.7. The summed E-state index contributed by atoms with van der Waals surface area (Å²) in [5.41, 5.74) is 7.01. The third kappa shape index (κ3) is 3.59. The largest absolute Gasteiger partial charge is 0.497 e. The summed E-state index contributed by atoms with van der Waals surface area (Å²) in [7, 11) is 4.97. The first kappa shape index (κ1) is 14.2. The van der Waals surface area contributed by atoms with Crippen LogP contribution in [0.5, 0.6) is 5.75 Å². The van der Waals surface area contributed by atoms with E-state index in [4.69, 9.17) is 22.7 Å². The maximum atomic E-state index is 11.5. The van der Waals surface area contributed by atoms with Gasteiger partial charge in [0.15, 0.2) is 0 Å². The first-order chi connectivity index (χ1) is 8.45. The SMILES string of the molecule is COc1ccc(C(N)=S)c(NCC(=O)N(C)C)c1. The summed E-state index contributed by atoms with van der Waals surface area (Å²) in [6.45, 7) is 0.176. The third-order valence-corrected chi connectivity index (χ3v) is 2.64. The van der Waals surface area contributed by atoms with Gasteiger partial charge in [0.05, 0.1) is 13.7 Å². The lowest BCUT2D eigenvalue weighted by Gasteiger charge is -2.15. The first-order valence-corrected chi connectivity index (χ1v) is 5.78. The van der Waals surface area contributed by atoms with E-state index in [0.717, 1.165) is 0 Å². The topological polar surface area (TPSA) is 67.6 Å². The Balaban J connectivity index is 2.91. The molecule has 1 amide bonds. The van der Waals surface area contributed by atoms with Gasteiger partial charge in [0, 0.05) is 31.4 Å². The highest BCUT2D eigenvalue weighted by atomic mass is 32.1. The van der Waals surface area contributed by atoms with Gasteiger partial charge in [-0.1, -0.05) is 12.2 Å². The van der Waals surface area contributed by atoms with Gasteiger partial charge in [0.1, 0.15) is 10.7 Å². The Morgan fingerprint density at radius 1 is 1.50 bits per heavy atom. The summed E-state index contributed by atoms with van der Waals surface area (Å²) in [5, 5.41) is 3.01. The predicted octanol–water partition coefficient (Wildman–Crippen LogP) is 0.829. The fraction of sp³-hybridized carbons (Fsp3) is 0.333. The van der Waals surface area contributed by atoms with Crippen molar-refractivity contribution in [3.05, 3.63) is 23.8 Å². The van der Waals surface area contributed by atoms with E-state index >= 15 is 0 Å². The average Bonchev–Trinajstić information content (AvgIpc) is 2.34. The number of benzene rings is 1. The van der Waals surface area contributed by atoms with Crippen LogP contribution in [0.2, 0.25) is 0 Å². The molecule has 0 aromatic heterocycles. The number of rotatable bonds is 5. The minimum Gasteiger partial charge on any atom is -0.497 e. The number of hydrogen-bond acceptors (Lipinski definition) is 4. The van der Waals surface area contributed by atoms with E-state index in [1.165, 1.54) is 4.90 Å². The molecule has 0 aliphatic carbocycles. The molecule has 0 spiro atoms. The zero-order chi connectivity index (χ0) is 13.7. The smallest absolute Gasteiger partial charge is 0.241 e. The van der Waals surface area contributed by atoms with Gasteiger partial charge >= 0.3 is 0 Å². The quantitative estimate of drug-likeness (QED) is 0.773. The molecule has 0 radical (unpaired) electrons. The number of carbonyl (C=O) groups excluding carboxylic acids is 1. The molecule has 18 heavy (non-hydrogen) atoms. The lowest BCUT2D eigenvalue weighted by molar-refractivity contribution is -0.126. The second-order valence-corrected chi connectivity index (χ2v) is 4.36. The van der Waals surface area contributed by atoms with E-state index in [2.05, 4.69) is 5.32 Å². The minimum atomic E-state index is -0.0355. The predicted molar refractivity (Wildman–Crippen MR) is 76.1 cm³/mol. The molecule has 3 N–H and O–H groups in total. The van der Waals surface area contributed by atoms with Gasteiger partial charge in [-0.3, -0.25) is 4.79 Å². The molecule has 1 aromatic carbocycles. The van der Waals surface area contributed by atoms with Crippen LogP contribution in [0.15, 0.2) is 18.2 Å². The molecule has 0 heterocycles. The zero-order valence-corrected chi connectivity index (χ0v) is 11.5. The van der Waals surface area contributed by atoms with Crippen LogP contribution in [0, 0.1) is 0 Å². The molecule has 0 atom stereocenters. The lowest BCUT2D eigenvalue weighted by Crippen LogP contribution is -2.29. The molecule has 0 saturated heterocycles. The van der Waals surface area contributed by atoms with E-state index in [0.29, 0.717) is 17.0 Å². The number of methoxy groups -OCH3 is 1. The van der Waals surface area contributed by atoms with E-state index in [1.54, 1.807) is 39.4 Å². The van der Waals surface area contributed by atoms with Crippen LogP contribution in [-0.4, -0.2) is 43.5 Å². The van der Waals surface area contributed by atoms with Crippen LogP contribution in [0.25, 0.3) is 0 Å². The summed E-state index contributed by atoms with van der Waals surface area (Å²) in [5.74, 6) is 0.640. The second-order valence-electron chi connectivity index (χ2n) is 3.92. The first-order valence-electron chi connectivity index (χ1n) is 5.37. The lowest BCUT2D eigenvalue weighted by atomic mass is 10.1. The second kappa shape index (κ2) is 6.20. The Kier molecular flexibility index (Phi) is 4.91. The van der Waals surface area contributed by atoms with Gasteiger partial charge in [0.2, 0.25) is 5.91 Å². The molecule has 1 aromatic rings. The molecular weight excluding hydrogens is 250 g/mol. The van der Waals surface area contributed by atoms with Crippen LogP contribution >= 0.6 is 12.2 Å². The van der Waals surface area contributed by atoms with Crippen molar-refractivity contribution in [3.8, 4) is 5.75 Å². The normalized spacial score (nSPS) is 9.72. The Morgan fingerprint density at radius 3 is 2.67 bits per heavy atom. The number of nitrogens with one attached hydrogen (secondary N) is 1. The van der Waals surface area contributed by atoms with Crippen LogP contribution in [0.3, 0.4) is 0 Å². The van der Waals surface area contributed by atoms with Gasteiger partial charge < -0.3 is 20.7 Å². The van der Waals surface area contributed by atoms with Gasteiger partial charge in [0.25, 0.3) is 0 Å². The van der Waals surface area contributed by atoms with E-state index in [1.807, 2.05) is 0 Å². The average molecular weight is 267 g/mol. The van der Waals surface area contributed by atoms with E-state index in [-0.39, 0.29) is 17.4 Å². The molecule has 0 aliphatic rings. The van der Waals surface area contributed by atoms with Crippen molar-refractivity contribution in [1.29, 1.82) is 0 Å². The Bertz CT molecular complexity index is 461. The summed E-state index contributed by atoms with van der Waals surface area (Å²) >= 11 is 4.96. The van der Waals surface area contributed by atoms with Crippen molar-refractivity contribution in [2.45, 2.75) is 0 Å². The number of nitrogens with two attached hydrogens (primary N) is 1. The number of ether oxygens (including phenoxy) is 1. The molecule has 0 saturated carbocycles. The van der Waals surface area contributed by atoms with Crippen LogP contribution in [0.4, 0.5) is 5.69 Å². The molecule has 0 fully saturated rings. The van der Waals surface area contributed by atoms with E-state index < -0.39 is 0 Å². The third-order valence-electron chi connectivity index (χ3n) is 2.42. The number of amides is 1. The fourth-order valence-corrected chi connectivity index (χ4v) is 1.52. The Hall–Kier alpha value is -1.82. The number of thiocarbonyl (C=S) groups is 1. The molecule has 0 unspecified atom stereocenters. The summed E-state index contributed by atoms with van der Waals surface area (Å²) in [6, 6.07) is 5.30. The van der Waals surface area contributed by atoms with E-state index in [9.17, 15) is 4.79 Å². The van der Waals surface area contributed by atoms with Gasteiger partial charge in [-0.15, -0.1) is 0 Å². The summed E-state index contributed by atoms with van der Waals surface area (Å²) in [4.78, 5) is 13.3. The Morgan fingerprint density at radius 2 is 2.17 bits per heavy atom. The molecule has 0 bridgehead atoms. The molecule has 6 heteroatoms. The number of carbonyl (C=O) groups is 1.